The van der Waals surface area contributed by atoms with E-state index in [1.807, 2.05) is 0 Å². The molecular formula is C43H77NO7P+. The lowest BCUT2D eigenvalue weighted by Crippen LogP contribution is -2.23. The summed E-state index contributed by atoms with van der Waals surface area (Å²) in [6.07, 6.45) is 20.3. The van der Waals surface area contributed by atoms with Crippen LogP contribution in [0.3, 0.4) is 0 Å². The maximum atomic E-state index is 12.7. The molecule has 3 unspecified atom stereocenters. The molecule has 0 aromatic heterocycles. The predicted molar refractivity (Wildman–Crippen MR) is 220 cm³/mol. The molecule has 0 saturated heterocycles. The van der Waals surface area contributed by atoms with Gasteiger partial charge in [-0.3, -0.25) is 14.4 Å². The van der Waals surface area contributed by atoms with Crippen molar-refractivity contribution in [1.29, 1.82) is 0 Å². The Balaban J connectivity index is 0.00000100. The minimum Gasteiger partial charge on any atom is -0.465 e. The third-order valence-corrected chi connectivity index (χ3v) is 14.5. The molecule has 0 aliphatic carbocycles. The van der Waals surface area contributed by atoms with E-state index in [2.05, 4.69) is 53.8 Å². The topological polar surface area (TPSA) is 108 Å². The van der Waals surface area contributed by atoms with Crippen molar-refractivity contribution in [2.45, 2.75) is 159 Å². The number of rotatable bonds is 28. The highest BCUT2D eigenvalue weighted by Gasteiger charge is 2.39. The number of carbonyl (C=O) groups is 4. The van der Waals surface area contributed by atoms with Crippen LogP contribution in [0.1, 0.15) is 159 Å². The number of anilines is 1. The lowest BCUT2D eigenvalue weighted by atomic mass is 10.0. The molecule has 0 radical (unpaired) electrons. The van der Waals surface area contributed by atoms with E-state index in [1.54, 1.807) is 31.2 Å². The maximum absolute atomic E-state index is 12.7. The molecule has 0 aliphatic heterocycles. The first kappa shape index (κ1) is 49.5. The molecule has 1 aromatic rings. The highest BCUT2D eigenvalue weighted by molar-refractivity contribution is 7.76. The first-order valence-electron chi connectivity index (χ1n) is 20.7. The predicted octanol–water partition coefficient (Wildman–Crippen LogP) is 11.5. The summed E-state index contributed by atoms with van der Waals surface area (Å²) in [5, 5.41) is 2.72. The number of esters is 3. The number of amides is 1. The van der Waals surface area contributed by atoms with Crippen LogP contribution in [0.25, 0.3) is 0 Å². The van der Waals surface area contributed by atoms with Gasteiger partial charge in [0, 0.05) is 19.9 Å². The summed E-state index contributed by atoms with van der Waals surface area (Å²) in [6.45, 7) is 19.4. The second kappa shape index (κ2) is 30.9. The van der Waals surface area contributed by atoms with Crippen LogP contribution in [0, 0.1) is 17.8 Å². The molecule has 0 bridgehead atoms. The van der Waals surface area contributed by atoms with Crippen molar-refractivity contribution < 1.29 is 33.4 Å². The third-order valence-electron chi connectivity index (χ3n) is 9.73. The van der Waals surface area contributed by atoms with E-state index in [-0.39, 0.29) is 30.2 Å². The Morgan fingerprint density at radius 1 is 0.654 bits per heavy atom. The fraction of sp³-hybridized carbons (Fsp3) is 0.767. The highest BCUT2D eigenvalue weighted by atomic mass is 31.2. The number of nitrogens with one attached hydrogen (secondary N) is 1. The molecule has 0 fully saturated rings. The van der Waals surface area contributed by atoms with Crippen molar-refractivity contribution in [1.82, 2.24) is 0 Å². The van der Waals surface area contributed by atoms with Gasteiger partial charge in [0.1, 0.15) is 5.75 Å². The number of hydrogen-bond acceptors (Lipinski definition) is 7. The smallest absolute Gasteiger partial charge is 0.349 e. The summed E-state index contributed by atoms with van der Waals surface area (Å²) in [6, 6.07) is 7.01. The third kappa shape index (κ3) is 24.0. The number of carbonyl (C=O) groups excluding carboxylic acids is 4. The highest BCUT2D eigenvalue weighted by Crippen LogP contribution is 2.60. The molecule has 1 rings (SSSR count). The average Bonchev–Trinajstić information content (AvgIpc) is 3.13. The molecule has 52 heavy (non-hydrogen) atoms. The Kier molecular flexibility index (Phi) is 29.5. The van der Waals surface area contributed by atoms with E-state index in [9.17, 15) is 19.2 Å². The van der Waals surface area contributed by atoms with Crippen molar-refractivity contribution in [3.05, 3.63) is 24.3 Å². The largest absolute Gasteiger partial charge is 0.465 e. The van der Waals surface area contributed by atoms with E-state index in [4.69, 9.17) is 14.2 Å². The summed E-state index contributed by atoms with van der Waals surface area (Å²) in [5.74, 6) is 0.168. The minimum absolute atomic E-state index is 0.0982. The lowest BCUT2D eigenvalue weighted by Gasteiger charge is -2.27. The number of ether oxygens (including phenoxy) is 3. The van der Waals surface area contributed by atoms with Crippen molar-refractivity contribution in [2.24, 2.45) is 17.8 Å². The van der Waals surface area contributed by atoms with Gasteiger partial charge in [0.2, 0.25) is 5.91 Å². The van der Waals surface area contributed by atoms with Crippen LogP contribution < -0.4 is 10.1 Å². The summed E-state index contributed by atoms with van der Waals surface area (Å²) in [5.41, 5.74) is 0.706. The quantitative estimate of drug-likeness (QED) is 0.0516. The molecule has 0 saturated carbocycles. The van der Waals surface area contributed by atoms with Crippen LogP contribution in [0.15, 0.2) is 24.3 Å². The van der Waals surface area contributed by atoms with Crippen LogP contribution in [0.4, 0.5) is 5.69 Å². The Hall–Kier alpha value is -2.47. The summed E-state index contributed by atoms with van der Waals surface area (Å²) >= 11 is 0. The van der Waals surface area contributed by atoms with Crippen molar-refractivity contribution in [3.63, 3.8) is 0 Å². The van der Waals surface area contributed by atoms with E-state index in [0.717, 1.165) is 51.4 Å². The van der Waals surface area contributed by atoms with E-state index in [0.29, 0.717) is 42.6 Å². The van der Waals surface area contributed by atoms with Gasteiger partial charge in [-0.15, -0.1) is 0 Å². The molecule has 3 atom stereocenters. The summed E-state index contributed by atoms with van der Waals surface area (Å²) in [7, 11) is -1.30. The van der Waals surface area contributed by atoms with Crippen LogP contribution in [0.2, 0.25) is 0 Å². The molecule has 300 valence electrons. The fourth-order valence-corrected chi connectivity index (χ4v) is 10.8. The van der Waals surface area contributed by atoms with Gasteiger partial charge in [-0.25, -0.2) is 4.79 Å². The number of unbranched alkanes of at least 4 members (excludes halogenated alkanes) is 5. The first-order valence-corrected chi connectivity index (χ1v) is 23.2. The molecule has 1 aromatic carbocycles. The van der Waals surface area contributed by atoms with Gasteiger partial charge in [-0.05, 0) is 68.2 Å². The Morgan fingerprint density at radius 2 is 1.12 bits per heavy atom. The van der Waals surface area contributed by atoms with Gasteiger partial charge in [0.25, 0.3) is 0 Å². The first-order chi connectivity index (χ1) is 24.9. The summed E-state index contributed by atoms with van der Waals surface area (Å²) in [4.78, 5) is 47.9. The summed E-state index contributed by atoms with van der Waals surface area (Å²) < 4.78 is 16.4. The van der Waals surface area contributed by atoms with Gasteiger partial charge >= 0.3 is 17.9 Å². The molecule has 0 spiro atoms. The zero-order valence-corrected chi connectivity index (χ0v) is 35.6. The van der Waals surface area contributed by atoms with E-state index in [1.165, 1.54) is 63.9 Å². The molecule has 1 N–H and O–H groups in total. The van der Waals surface area contributed by atoms with Gasteiger partial charge in [0.15, 0.2) is 6.16 Å². The van der Waals surface area contributed by atoms with Crippen molar-refractivity contribution in [3.8, 4) is 5.75 Å². The molecule has 9 heteroatoms. The van der Waals surface area contributed by atoms with Crippen LogP contribution in [-0.4, -0.2) is 61.7 Å². The standard InChI is InChI=1S/C22H36NO3P.C21H40O4/c1-5-8-15-27(16-9-6-2,17-10-7-3)18-22(25)26-21-13-11-20(12-14-21)23-19(4)24;1-6-10-12-18(8-3)15-24-20(22)14-17(5)21(23)25-16-19(9-4)13-11-7-2/h11-14H,5-10,15-18H2,1-4H3;17-19H,6-16H2,1-5H3/p+1. The molecule has 8 nitrogen and oxygen atoms in total. The maximum Gasteiger partial charge on any atom is 0.349 e. The Morgan fingerprint density at radius 3 is 1.54 bits per heavy atom. The van der Waals surface area contributed by atoms with Crippen molar-refractivity contribution in [2.75, 3.05) is 43.2 Å². The van der Waals surface area contributed by atoms with Gasteiger partial charge in [0.05, 0.1) is 44.0 Å². The second-order valence-electron chi connectivity index (χ2n) is 14.7. The van der Waals surface area contributed by atoms with Crippen molar-refractivity contribution >= 4 is 36.8 Å². The lowest BCUT2D eigenvalue weighted by molar-refractivity contribution is -0.156. The van der Waals surface area contributed by atoms with Crippen LogP contribution >= 0.6 is 7.26 Å². The Labute approximate surface area is 319 Å². The monoisotopic (exact) mass is 751 g/mol. The number of benzene rings is 1. The van der Waals surface area contributed by atoms with E-state index < -0.39 is 13.2 Å². The minimum atomic E-state index is -1.30. The zero-order valence-electron chi connectivity index (χ0n) is 34.7. The van der Waals surface area contributed by atoms with Crippen LogP contribution in [-0.2, 0) is 28.7 Å². The Bertz CT molecular complexity index is 1070. The normalized spacial score (nSPS) is 12.9. The molecule has 0 aliphatic rings. The van der Waals surface area contributed by atoms with Gasteiger partial charge in [-0.1, -0.05) is 113 Å². The average molecular weight is 751 g/mol. The molecule has 1 amide bonds. The van der Waals surface area contributed by atoms with E-state index >= 15 is 0 Å². The fourth-order valence-electron chi connectivity index (χ4n) is 6.04. The zero-order chi connectivity index (χ0) is 39.2. The van der Waals surface area contributed by atoms with Crippen LogP contribution in [0.5, 0.6) is 5.75 Å². The molecule has 0 heterocycles. The molecular weight excluding hydrogens is 673 g/mol. The number of hydrogen-bond donors (Lipinski definition) is 1. The van der Waals surface area contributed by atoms with Gasteiger partial charge < -0.3 is 19.5 Å². The second-order valence-corrected chi connectivity index (χ2v) is 19.0. The SMILES string of the molecule is CCCCC(CC)COC(=O)CC(C)C(=O)OCC(CC)CCCC.CCCC[P+](CCCC)(CCCC)CC(=O)Oc1ccc(NC(C)=O)cc1. The van der Waals surface area contributed by atoms with Gasteiger partial charge in [-0.2, -0.15) is 0 Å².